The van der Waals surface area contributed by atoms with Crippen molar-refractivity contribution < 1.29 is 4.74 Å². The highest BCUT2D eigenvalue weighted by Gasteiger charge is 2.22. The molecule has 0 aromatic heterocycles. The molecule has 0 aromatic rings. The first kappa shape index (κ1) is 10.9. The van der Waals surface area contributed by atoms with Crippen LogP contribution in [0.15, 0.2) is 0 Å². The van der Waals surface area contributed by atoms with Crippen molar-refractivity contribution in [3.8, 4) is 6.07 Å². The second-order valence-corrected chi connectivity index (χ2v) is 4.69. The molecule has 0 spiro atoms. The van der Waals surface area contributed by atoms with Crippen LogP contribution >= 0.6 is 0 Å². The Morgan fingerprint density at radius 2 is 2.00 bits per heavy atom. The first-order chi connectivity index (χ1) is 7.38. The molecule has 15 heavy (non-hydrogen) atoms. The highest BCUT2D eigenvalue weighted by molar-refractivity contribution is 4.87. The number of rotatable bonds is 2. The zero-order valence-corrected chi connectivity index (χ0v) is 9.32. The maximum absolute atomic E-state index is 8.81. The quantitative estimate of drug-likeness (QED) is 0.694. The summed E-state index contributed by atoms with van der Waals surface area (Å²) in [4.78, 5) is 2.46. The summed E-state index contributed by atoms with van der Waals surface area (Å²) in [6.07, 6.45) is 6.31. The molecule has 0 aliphatic carbocycles. The Morgan fingerprint density at radius 3 is 2.60 bits per heavy atom. The van der Waals surface area contributed by atoms with Crippen molar-refractivity contribution in [3.63, 3.8) is 0 Å². The number of nitrogens with zero attached hydrogens (tertiary/aromatic N) is 2. The van der Waals surface area contributed by atoms with Gasteiger partial charge in [-0.15, -0.1) is 0 Å². The number of piperidine rings is 1. The van der Waals surface area contributed by atoms with Crippen molar-refractivity contribution in [3.05, 3.63) is 0 Å². The molecule has 2 aliphatic rings. The van der Waals surface area contributed by atoms with Gasteiger partial charge in [-0.25, -0.2) is 0 Å². The summed E-state index contributed by atoms with van der Waals surface area (Å²) in [5.74, 6) is 0.300. The topological polar surface area (TPSA) is 36.3 Å². The summed E-state index contributed by atoms with van der Waals surface area (Å²) in [5, 5.41) is 8.81. The van der Waals surface area contributed by atoms with Crippen molar-refractivity contribution in [2.45, 2.75) is 38.2 Å². The summed E-state index contributed by atoms with van der Waals surface area (Å²) in [6.45, 7) is 4.19. The van der Waals surface area contributed by atoms with E-state index in [1.807, 2.05) is 0 Å². The first-order valence-electron chi connectivity index (χ1n) is 6.12. The third kappa shape index (κ3) is 3.19. The fraction of sp³-hybridized carbons (Fsp3) is 0.917. The standard InChI is InChI=1S/C12H20N2O/c13-9-11-4-6-14(7-5-11)10-12-3-1-2-8-15-12/h11-12H,1-8,10H2. The number of hydrogen-bond acceptors (Lipinski definition) is 3. The van der Waals surface area contributed by atoms with Crippen molar-refractivity contribution >= 4 is 0 Å². The minimum absolute atomic E-state index is 0.300. The fourth-order valence-corrected chi connectivity index (χ4v) is 2.48. The van der Waals surface area contributed by atoms with Crippen molar-refractivity contribution in [1.29, 1.82) is 5.26 Å². The minimum atomic E-state index is 0.300. The highest BCUT2D eigenvalue weighted by Crippen LogP contribution is 2.19. The lowest BCUT2D eigenvalue weighted by atomic mass is 9.98. The Kier molecular flexibility index (Phi) is 3.99. The van der Waals surface area contributed by atoms with Crippen molar-refractivity contribution in [2.24, 2.45) is 5.92 Å². The Hall–Kier alpha value is -0.590. The maximum atomic E-state index is 8.81. The molecule has 0 radical (unpaired) electrons. The van der Waals surface area contributed by atoms with E-state index < -0.39 is 0 Å². The van der Waals surface area contributed by atoms with Crippen molar-refractivity contribution in [2.75, 3.05) is 26.2 Å². The molecule has 3 nitrogen and oxygen atoms in total. The van der Waals surface area contributed by atoms with Gasteiger partial charge in [-0.05, 0) is 45.2 Å². The molecule has 2 rings (SSSR count). The van der Waals surface area contributed by atoms with Crippen LogP contribution in [0, 0.1) is 17.2 Å². The molecule has 2 fully saturated rings. The Morgan fingerprint density at radius 1 is 1.20 bits per heavy atom. The Bertz CT molecular complexity index is 222. The lowest BCUT2D eigenvalue weighted by Crippen LogP contribution is -2.40. The molecule has 84 valence electrons. The second kappa shape index (κ2) is 5.48. The minimum Gasteiger partial charge on any atom is -0.377 e. The van der Waals surface area contributed by atoms with Gasteiger partial charge in [0.1, 0.15) is 0 Å². The van der Waals surface area contributed by atoms with Crippen LogP contribution in [0.25, 0.3) is 0 Å². The van der Waals surface area contributed by atoms with E-state index >= 15 is 0 Å². The van der Waals surface area contributed by atoms with E-state index in [4.69, 9.17) is 10.00 Å². The van der Waals surface area contributed by atoms with Crippen LogP contribution in [0.2, 0.25) is 0 Å². The summed E-state index contributed by atoms with van der Waals surface area (Å²) in [7, 11) is 0. The zero-order valence-electron chi connectivity index (χ0n) is 9.32. The van der Waals surface area contributed by atoms with Gasteiger partial charge in [-0.3, -0.25) is 0 Å². The van der Waals surface area contributed by atoms with Gasteiger partial charge in [0.25, 0.3) is 0 Å². The van der Waals surface area contributed by atoms with Crippen LogP contribution in [0.3, 0.4) is 0 Å². The third-order valence-corrected chi connectivity index (χ3v) is 3.51. The molecule has 2 aliphatic heterocycles. The van der Waals surface area contributed by atoms with Gasteiger partial charge in [-0.1, -0.05) is 0 Å². The molecule has 2 heterocycles. The summed E-state index contributed by atoms with van der Waals surface area (Å²) >= 11 is 0. The first-order valence-corrected chi connectivity index (χ1v) is 6.12. The predicted octanol–water partition coefficient (Wildman–Crippen LogP) is 1.79. The lowest BCUT2D eigenvalue weighted by Gasteiger charge is -2.33. The third-order valence-electron chi connectivity index (χ3n) is 3.51. The van der Waals surface area contributed by atoms with Crippen LogP contribution in [-0.2, 0) is 4.74 Å². The van der Waals surface area contributed by atoms with Gasteiger partial charge in [0.15, 0.2) is 0 Å². The van der Waals surface area contributed by atoms with Crippen LogP contribution < -0.4 is 0 Å². The van der Waals surface area contributed by atoms with E-state index in [0.29, 0.717) is 12.0 Å². The number of hydrogen-bond donors (Lipinski definition) is 0. The van der Waals surface area contributed by atoms with Gasteiger partial charge in [0, 0.05) is 19.1 Å². The average molecular weight is 208 g/mol. The second-order valence-electron chi connectivity index (χ2n) is 4.69. The van der Waals surface area contributed by atoms with Crippen LogP contribution in [-0.4, -0.2) is 37.2 Å². The molecule has 0 aromatic carbocycles. The van der Waals surface area contributed by atoms with Gasteiger partial charge < -0.3 is 9.64 Å². The van der Waals surface area contributed by atoms with Crippen LogP contribution in [0.5, 0.6) is 0 Å². The van der Waals surface area contributed by atoms with Crippen LogP contribution in [0.1, 0.15) is 32.1 Å². The monoisotopic (exact) mass is 208 g/mol. The molecule has 3 heteroatoms. The van der Waals surface area contributed by atoms with E-state index in [1.165, 1.54) is 19.3 Å². The normalized spacial score (nSPS) is 29.9. The molecule has 0 saturated carbocycles. The lowest BCUT2D eigenvalue weighted by molar-refractivity contribution is -0.00997. The van der Waals surface area contributed by atoms with E-state index in [1.54, 1.807) is 0 Å². The van der Waals surface area contributed by atoms with E-state index in [0.717, 1.165) is 39.1 Å². The summed E-state index contributed by atoms with van der Waals surface area (Å²) in [6, 6.07) is 2.37. The van der Waals surface area contributed by atoms with Crippen molar-refractivity contribution in [1.82, 2.24) is 4.90 Å². The van der Waals surface area contributed by atoms with E-state index in [2.05, 4.69) is 11.0 Å². The smallest absolute Gasteiger partial charge is 0.0702 e. The maximum Gasteiger partial charge on any atom is 0.0702 e. The fourth-order valence-electron chi connectivity index (χ4n) is 2.48. The number of ether oxygens (including phenoxy) is 1. The van der Waals surface area contributed by atoms with Gasteiger partial charge >= 0.3 is 0 Å². The molecule has 0 amide bonds. The zero-order chi connectivity index (χ0) is 10.5. The summed E-state index contributed by atoms with van der Waals surface area (Å²) < 4.78 is 5.73. The molecule has 1 unspecified atom stereocenters. The van der Waals surface area contributed by atoms with E-state index in [-0.39, 0.29) is 0 Å². The van der Waals surface area contributed by atoms with Gasteiger partial charge in [-0.2, -0.15) is 5.26 Å². The largest absolute Gasteiger partial charge is 0.377 e. The van der Waals surface area contributed by atoms with Gasteiger partial charge in [0.2, 0.25) is 0 Å². The molecular formula is C12H20N2O. The summed E-state index contributed by atoms with van der Waals surface area (Å²) in [5.41, 5.74) is 0. The molecule has 0 N–H and O–H groups in total. The van der Waals surface area contributed by atoms with Gasteiger partial charge in [0.05, 0.1) is 12.2 Å². The average Bonchev–Trinajstić information content (AvgIpc) is 2.31. The Labute approximate surface area is 92.0 Å². The number of nitriles is 1. The molecule has 0 bridgehead atoms. The SMILES string of the molecule is N#CC1CCN(CC2CCCCO2)CC1. The van der Waals surface area contributed by atoms with E-state index in [9.17, 15) is 0 Å². The molecular weight excluding hydrogens is 188 g/mol. The van der Waals surface area contributed by atoms with Crippen LogP contribution in [0.4, 0.5) is 0 Å². The number of likely N-dealkylation sites (tertiary alicyclic amines) is 1. The molecule has 2 saturated heterocycles. The highest BCUT2D eigenvalue weighted by atomic mass is 16.5. The molecule has 1 atom stereocenters. The Balaban J connectivity index is 1.69. The predicted molar refractivity (Wildman–Crippen MR) is 58.4 cm³/mol.